The predicted octanol–water partition coefficient (Wildman–Crippen LogP) is 1.12. The first kappa shape index (κ1) is 17.9. The highest BCUT2D eigenvalue weighted by atomic mass is 16.2. The van der Waals surface area contributed by atoms with Gasteiger partial charge in [-0.3, -0.25) is 9.59 Å². The fraction of sp³-hybridized carbons (Fsp3) is 0.857. The van der Waals surface area contributed by atoms with E-state index < -0.39 is 6.04 Å². The molecule has 0 spiro atoms. The second kappa shape index (κ2) is 9.78. The van der Waals surface area contributed by atoms with Crippen LogP contribution in [-0.2, 0) is 9.59 Å². The summed E-state index contributed by atoms with van der Waals surface area (Å²) in [4.78, 5) is 25.2. The summed E-state index contributed by atoms with van der Waals surface area (Å²) in [6, 6.07) is -0.446. The maximum atomic E-state index is 11.7. The SMILES string of the molecule is CCN(CC)C(=O)CCCNC(=O)[C@@H](N)CC(C)C. The number of nitrogens with two attached hydrogens (primary N) is 1. The highest BCUT2D eigenvalue weighted by Crippen LogP contribution is 2.02. The van der Waals surface area contributed by atoms with Crippen molar-refractivity contribution < 1.29 is 9.59 Å². The van der Waals surface area contributed by atoms with E-state index in [-0.39, 0.29) is 11.8 Å². The third-order valence-electron chi connectivity index (χ3n) is 3.04. The maximum absolute atomic E-state index is 11.7. The van der Waals surface area contributed by atoms with Crippen LogP contribution in [0.25, 0.3) is 0 Å². The predicted molar refractivity (Wildman–Crippen MR) is 77.6 cm³/mol. The van der Waals surface area contributed by atoms with Crippen LogP contribution in [-0.4, -0.2) is 42.4 Å². The van der Waals surface area contributed by atoms with Gasteiger partial charge in [-0.2, -0.15) is 0 Å². The fourth-order valence-electron chi connectivity index (χ4n) is 1.93. The number of hydrogen-bond acceptors (Lipinski definition) is 3. The summed E-state index contributed by atoms with van der Waals surface area (Å²) in [5.41, 5.74) is 5.76. The van der Waals surface area contributed by atoms with Crippen molar-refractivity contribution in [1.82, 2.24) is 10.2 Å². The summed E-state index contributed by atoms with van der Waals surface area (Å²) in [6.45, 7) is 9.99. The van der Waals surface area contributed by atoms with Crippen molar-refractivity contribution in [3.8, 4) is 0 Å². The third kappa shape index (κ3) is 7.82. The van der Waals surface area contributed by atoms with Gasteiger partial charge in [-0.1, -0.05) is 13.8 Å². The van der Waals surface area contributed by atoms with E-state index in [0.29, 0.717) is 31.7 Å². The van der Waals surface area contributed by atoms with Crippen LogP contribution in [0, 0.1) is 5.92 Å². The lowest BCUT2D eigenvalue weighted by Gasteiger charge is -2.18. The number of nitrogens with zero attached hydrogens (tertiary/aromatic N) is 1. The molecule has 0 aromatic rings. The van der Waals surface area contributed by atoms with Gasteiger partial charge in [0.25, 0.3) is 0 Å². The quantitative estimate of drug-likeness (QED) is 0.617. The largest absolute Gasteiger partial charge is 0.355 e. The lowest BCUT2D eigenvalue weighted by atomic mass is 10.0. The van der Waals surface area contributed by atoms with Crippen molar-refractivity contribution in [3.63, 3.8) is 0 Å². The molecule has 0 radical (unpaired) electrons. The molecule has 0 rings (SSSR count). The van der Waals surface area contributed by atoms with Gasteiger partial charge in [-0.05, 0) is 32.6 Å². The van der Waals surface area contributed by atoms with Crippen LogP contribution in [0.1, 0.15) is 47.0 Å². The maximum Gasteiger partial charge on any atom is 0.236 e. The molecule has 0 aliphatic heterocycles. The van der Waals surface area contributed by atoms with Crippen LogP contribution >= 0.6 is 0 Å². The van der Waals surface area contributed by atoms with Gasteiger partial charge in [-0.25, -0.2) is 0 Å². The second-order valence-corrected chi connectivity index (χ2v) is 5.20. The number of hydrogen-bond donors (Lipinski definition) is 2. The molecular formula is C14H29N3O2. The number of carbonyl (C=O) groups excluding carboxylic acids is 2. The van der Waals surface area contributed by atoms with Crippen LogP contribution in [0.5, 0.6) is 0 Å². The molecule has 0 heterocycles. The lowest BCUT2D eigenvalue weighted by molar-refractivity contribution is -0.131. The second-order valence-electron chi connectivity index (χ2n) is 5.20. The van der Waals surface area contributed by atoms with Crippen molar-refractivity contribution in [2.45, 2.75) is 53.0 Å². The molecule has 5 heteroatoms. The highest BCUT2D eigenvalue weighted by Gasteiger charge is 2.14. The zero-order valence-electron chi connectivity index (χ0n) is 12.7. The zero-order valence-corrected chi connectivity index (χ0v) is 12.7. The Hall–Kier alpha value is -1.10. The van der Waals surface area contributed by atoms with Crippen LogP contribution < -0.4 is 11.1 Å². The Morgan fingerprint density at radius 3 is 2.26 bits per heavy atom. The Labute approximate surface area is 116 Å². The molecule has 1 atom stereocenters. The van der Waals surface area contributed by atoms with Gasteiger partial charge in [0, 0.05) is 26.1 Å². The molecule has 0 bridgehead atoms. The molecule has 0 aromatic heterocycles. The van der Waals surface area contributed by atoms with Crippen molar-refractivity contribution >= 4 is 11.8 Å². The van der Waals surface area contributed by atoms with Gasteiger partial charge in [-0.15, -0.1) is 0 Å². The average molecular weight is 271 g/mol. The molecule has 0 aromatic carbocycles. The fourth-order valence-corrected chi connectivity index (χ4v) is 1.93. The Bertz CT molecular complexity index is 276. The molecule has 0 unspecified atom stereocenters. The summed E-state index contributed by atoms with van der Waals surface area (Å²) >= 11 is 0. The molecule has 0 aliphatic rings. The van der Waals surface area contributed by atoms with E-state index in [1.165, 1.54) is 0 Å². The number of nitrogens with one attached hydrogen (secondary N) is 1. The van der Waals surface area contributed by atoms with E-state index in [0.717, 1.165) is 13.1 Å². The van der Waals surface area contributed by atoms with Crippen molar-refractivity contribution in [3.05, 3.63) is 0 Å². The van der Waals surface area contributed by atoms with Gasteiger partial charge in [0.05, 0.1) is 6.04 Å². The van der Waals surface area contributed by atoms with Crippen molar-refractivity contribution in [2.24, 2.45) is 11.7 Å². The summed E-state index contributed by atoms with van der Waals surface area (Å²) in [6.07, 6.45) is 1.82. The molecule has 0 saturated carbocycles. The first-order chi connectivity index (χ1) is 8.92. The van der Waals surface area contributed by atoms with Crippen LogP contribution in [0.15, 0.2) is 0 Å². The molecule has 0 saturated heterocycles. The van der Waals surface area contributed by atoms with Gasteiger partial charge in [0.1, 0.15) is 0 Å². The minimum Gasteiger partial charge on any atom is -0.355 e. The lowest BCUT2D eigenvalue weighted by Crippen LogP contribution is -2.42. The van der Waals surface area contributed by atoms with E-state index >= 15 is 0 Å². The smallest absolute Gasteiger partial charge is 0.236 e. The monoisotopic (exact) mass is 271 g/mol. The number of amides is 2. The van der Waals surface area contributed by atoms with E-state index in [1.807, 2.05) is 27.7 Å². The van der Waals surface area contributed by atoms with Crippen molar-refractivity contribution in [2.75, 3.05) is 19.6 Å². The van der Waals surface area contributed by atoms with Crippen LogP contribution in [0.4, 0.5) is 0 Å². The summed E-state index contributed by atoms with van der Waals surface area (Å²) in [5.74, 6) is 0.430. The molecule has 3 N–H and O–H groups in total. The van der Waals surface area contributed by atoms with Crippen molar-refractivity contribution in [1.29, 1.82) is 0 Å². The molecule has 5 nitrogen and oxygen atoms in total. The number of carbonyl (C=O) groups is 2. The first-order valence-corrected chi connectivity index (χ1v) is 7.23. The molecule has 2 amide bonds. The Balaban J connectivity index is 3.80. The summed E-state index contributed by atoms with van der Waals surface area (Å²) < 4.78 is 0. The van der Waals surface area contributed by atoms with E-state index in [1.54, 1.807) is 4.90 Å². The zero-order chi connectivity index (χ0) is 14.8. The Morgan fingerprint density at radius 1 is 1.21 bits per heavy atom. The van der Waals surface area contributed by atoms with Gasteiger partial charge < -0.3 is 16.0 Å². The third-order valence-corrected chi connectivity index (χ3v) is 3.04. The van der Waals surface area contributed by atoms with E-state index in [2.05, 4.69) is 5.32 Å². The summed E-state index contributed by atoms with van der Waals surface area (Å²) in [7, 11) is 0. The average Bonchev–Trinajstić information content (AvgIpc) is 2.34. The molecule has 0 aliphatic carbocycles. The Kier molecular flexibility index (Phi) is 9.21. The normalized spacial score (nSPS) is 12.3. The minimum atomic E-state index is -0.446. The van der Waals surface area contributed by atoms with Gasteiger partial charge in [0.2, 0.25) is 11.8 Å². The van der Waals surface area contributed by atoms with Crippen LogP contribution in [0.3, 0.4) is 0 Å². The standard InChI is InChI=1S/C14H29N3O2/c1-5-17(6-2)13(18)8-7-9-16-14(19)12(15)10-11(3)4/h11-12H,5-10,15H2,1-4H3,(H,16,19)/t12-/m0/s1. The molecule has 19 heavy (non-hydrogen) atoms. The first-order valence-electron chi connectivity index (χ1n) is 7.23. The molecular weight excluding hydrogens is 242 g/mol. The van der Waals surface area contributed by atoms with E-state index in [9.17, 15) is 9.59 Å². The van der Waals surface area contributed by atoms with Crippen LogP contribution in [0.2, 0.25) is 0 Å². The minimum absolute atomic E-state index is 0.121. The summed E-state index contributed by atoms with van der Waals surface area (Å²) in [5, 5.41) is 2.78. The molecule has 0 fully saturated rings. The topological polar surface area (TPSA) is 75.4 Å². The van der Waals surface area contributed by atoms with E-state index in [4.69, 9.17) is 5.73 Å². The van der Waals surface area contributed by atoms with Gasteiger partial charge in [0.15, 0.2) is 0 Å². The highest BCUT2D eigenvalue weighted by molar-refractivity contribution is 5.81. The number of rotatable bonds is 9. The Morgan fingerprint density at radius 2 is 1.79 bits per heavy atom. The van der Waals surface area contributed by atoms with Gasteiger partial charge >= 0.3 is 0 Å². The molecule has 112 valence electrons.